The van der Waals surface area contributed by atoms with Crippen molar-refractivity contribution < 1.29 is 41.5 Å². The Labute approximate surface area is 260 Å². The molecule has 6 rings (SSSR count). The van der Waals surface area contributed by atoms with E-state index in [9.17, 15) is 37.1 Å². The van der Waals surface area contributed by atoms with Crippen molar-refractivity contribution in [1.82, 2.24) is 4.57 Å². The molecule has 1 N–H and O–H groups in total. The molecular weight excluding hydrogens is 635 g/mol. The lowest BCUT2D eigenvalue weighted by Crippen LogP contribution is -2.32. The fraction of sp³-hybridized carbons (Fsp3) is 0.233. The summed E-state index contributed by atoms with van der Waals surface area (Å²) in [5.41, 5.74) is -0.561. The molecule has 0 spiro atoms. The van der Waals surface area contributed by atoms with Crippen LogP contribution in [0.3, 0.4) is 0 Å². The van der Waals surface area contributed by atoms with E-state index in [0.717, 1.165) is 50.8 Å². The Balaban J connectivity index is 1.32. The number of esters is 1. The second-order valence-electron chi connectivity index (χ2n) is 10.1. The van der Waals surface area contributed by atoms with E-state index in [4.69, 9.17) is 9.15 Å². The van der Waals surface area contributed by atoms with E-state index < -0.39 is 63.9 Å². The Morgan fingerprint density at radius 1 is 1.02 bits per heavy atom. The number of amides is 3. The number of halogens is 3. The van der Waals surface area contributed by atoms with E-state index in [1.54, 1.807) is 19.1 Å². The van der Waals surface area contributed by atoms with Gasteiger partial charge in [-0.25, -0.2) is 9.69 Å². The molecule has 4 aromatic rings. The first-order valence-electron chi connectivity index (χ1n) is 13.5. The van der Waals surface area contributed by atoms with E-state index >= 15 is 0 Å². The van der Waals surface area contributed by atoms with Crippen molar-refractivity contribution in [3.8, 4) is 0 Å². The number of carbonyl (C=O) groups is 4. The summed E-state index contributed by atoms with van der Waals surface area (Å²) in [7, 11) is 0. The van der Waals surface area contributed by atoms with Crippen LogP contribution in [-0.4, -0.2) is 40.1 Å². The maximum Gasteiger partial charge on any atom is 0.416 e. The third-order valence-electron chi connectivity index (χ3n) is 7.31. The number of nitrogens with zero attached hydrogens (tertiary/aromatic N) is 2. The van der Waals surface area contributed by atoms with Gasteiger partial charge in [-0.15, -0.1) is 0 Å². The second-order valence-corrected chi connectivity index (χ2v) is 12.2. The van der Waals surface area contributed by atoms with Crippen molar-refractivity contribution in [2.75, 3.05) is 16.8 Å². The Morgan fingerprint density at radius 2 is 1.78 bits per heavy atom. The van der Waals surface area contributed by atoms with Gasteiger partial charge >= 0.3 is 17.0 Å². The number of benzene rings is 2. The van der Waals surface area contributed by atoms with Gasteiger partial charge in [0.1, 0.15) is 17.6 Å². The molecule has 0 bridgehead atoms. The third-order valence-corrected chi connectivity index (χ3v) is 9.91. The topological polar surface area (TPSA) is 128 Å². The number of nitrogens with one attached hydrogen (secondary N) is 1. The van der Waals surface area contributed by atoms with Gasteiger partial charge in [-0.1, -0.05) is 29.2 Å². The van der Waals surface area contributed by atoms with Gasteiger partial charge in [-0.05, 0) is 61.5 Å². The normalized spacial score (nSPS) is 19.3. The second kappa shape index (κ2) is 11.7. The first-order valence-corrected chi connectivity index (χ1v) is 15.2. The van der Waals surface area contributed by atoms with Crippen LogP contribution in [0.2, 0.25) is 0 Å². The van der Waals surface area contributed by atoms with Crippen LogP contribution in [-0.2, 0) is 31.8 Å². The lowest BCUT2D eigenvalue weighted by molar-refractivity contribution is -0.137. The maximum absolute atomic E-state index is 13.9. The summed E-state index contributed by atoms with van der Waals surface area (Å²) in [6.07, 6.45) is -3.21. The molecule has 1 fully saturated rings. The summed E-state index contributed by atoms with van der Waals surface area (Å²) >= 11 is 1.77. The highest BCUT2D eigenvalue weighted by molar-refractivity contribution is 8.00. The predicted molar refractivity (Wildman–Crippen MR) is 157 cm³/mol. The number of thiazole rings is 1. The molecule has 0 saturated carbocycles. The van der Waals surface area contributed by atoms with Gasteiger partial charge in [-0.2, -0.15) is 13.2 Å². The third kappa shape index (κ3) is 5.57. The molecule has 2 aliphatic rings. The number of imide groups is 1. The fourth-order valence-corrected chi connectivity index (χ4v) is 8.12. The van der Waals surface area contributed by atoms with Gasteiger partial charge < -0.3 is 14.5 Å². The molecule has 10 nitrogen and oxygen atoms in total. The zero-order chi connectivity index (χ0) is 32.0. The number of fused-ring (bicyclic) bond motifs is 2. The van der Waals surface area contributed by atoms with Gasteiger partial charge in [0, 0.05) is 5.69 Å². The Morgan fingerprint density at radius 3 is 2.44 bits per heavy atom. The molecule has 4 heterocycles. The number of anilines is 2. The van der Waals surface area contributed by atoms with Crippen LogP contribution in [0.1, 0.15) is 39.4 Å². The molecule has 2 aliphatic heterocycles. The summed E-state index contributed by atoms with van der Waals surface area (Å²) < 4.78 is 51.2. The van der Waals surface area contributed by atoms with Crippen molar-refractivity contribution in [2.24, 2.45) is 5.92 Å². The predicted octanol–water partition coefficient (Wildman–Crippen LogP) is 5.13. The molecule has 0 aliphatic carbocycles. The Hall–Kier alpha value is -4.63. The molecule has 2 aromatic heterocycles. The molecule has 0 radical (unpaired) electrons. The standard InChI is InChI=1S/C30H22F3N3O7S2/c1-2-42-28(40)15-8-10-18(11-9-15)36-25(38)22-21(19-7-4-12-43-19)24-27(44-23(22)26(36)39)35(29(41)45-24)14-20(37)34-17-6-3-5-16(13-17)30(31,32)33/h3-13,21-23H,2,14H2,1H3,(H,34,37). The quantitative estimate of drug-likeness (QED) is 0.214. The number of thioether (sulfide) groups is 1. The number of rotatable bonds is 7. The number of carbonyl (C=O) groups excluding carboxylic acids is 4. The SMILES string of the molecule is CCOC(=O)c1ccc(N2C(=O)C3Sc4c(sc(=O)n4CC(=O)Nc4cccc(C(F)(F)F)c4)C(c4ccco4)C3C2=O)cc1. The molecule has 232 valence electrons. The van der Waals surface area contributed by atoms with Crippen LogP contribution in [0.4, 0.5) is 24.5 Å². The van der Waals surface area contributed by atoms with E-state index in [1.165, 1.54) is 36.6 Å². The van der Waals surface area contributed by atoms with Gasteiger partial charge in [0.05, 0.1) is 51.4 Å². The van der Waals surface area contributed by atoms with Gasteiger partial charge in [0.25, 0.3) is 0 Å². The van der Waals surface area contributed by atoms with E-state index in [-0.39, 0.29) is 28.6 Å². The minimum atomic E-state index is -4.61. The molecule has 15 heteroatoms. The largest absolute Gasteiger partial charge is 0.469 e. The summed E-state index contributed by atoms with van der Waals surface area (Å²) in [6.45, 7) is 1.31. The van der Waals surface area contributed by atoms with Crippen LogP contribution in [0.5, 0.6) is 0 Å². The number of ether oxygens (including phenoxy) is 1. The maximum atomic E-state index is 13.9. The molecule has 45 heavy (non-hydrogen) atoms. The van der Waals surface area contributed by atoms with Crippen LogP contribution < -0.4 is 15.1 Å². The first kappa shape index (κ1) is 30.4. The number of alkyl halides is 3. The van der Waals surface area contributed by atoms with Gasteiger partial charge in [-0.3, -0.25) is 23.7 Å². The lowest BCUT2D eigenvalue weighted by Gasteiger charge is -2.29. The molecule has 3 unspecified atom stereocenters. The average molecular weight is 658 g/mol. The minimum Gasteiger partial charge on any atom is -0.469 e. The van der Waals surface area contributed by atoms with Crippen molar-refractivity contribution in [3.63, 3.8) is 0 Å². The Kier molecular flexibility index (Phi) is 7.91. The van der Waals surface area contributed by atoms with Crippen molar-refractivity contribution in [1.29, 1.82) is 0 Å². The molecule has 1 saturated heterocycles. The zero-order valence-corrected chi connectivity index (χ0v) is 24.8. The van der Waals surface area contributed by atoms with Crippen molar-refractivity contribution in [3.05, 3.63) is 98.4 Å². The van der Waals surface area contributed by atoms with E-state index in [0.29, 0.717) is 10.6 Å². The summed E-state index contributed by atoms with van der Waals surface area (Å²) in [6, 6.07) is 13.2. The number of hydrogen-bond acceptors (Lipinski definition) is 9. The van der Waals surface area contributed by atoms with E-state index in [1.807, 2.05) is 0 Å². The zero-order valence-electron chi connectivity index (χ0n) is 23.2. The van der Waals surface area contributed by atoms with Crippen molar-refractivity contribution >= 4 is 58.2 Å². The van der Waals surface area contributed by atoms with Crippen LogP contribution in [0, 0.1) is 5.92 Å². The number of aromatic nitrogens is 1. The summed E-state index contributed by atoms with van der Waals surface area (Å²) in [5, 5.41) is 1.69. The van der Waals surface area contributed by atoms with E-state index in [2.05, 4.69) is 5.32 Å². The van der Waals surface area contributed by atoms with Crippen molar-refractivity contribution in [2.45, 2.75) is 35.8 Å². The van der Waals surface area contributed by atoms with Gasteiger partial charge in [0.2, 0.25) is 17.7 Å². The molecule has 3 amide bonds. The highest BCUT2D eigenvalue weighted by atomic mass is 32.2. The summed E-state index contributed by atoms with van der Waals surface area (Å²) in [5.74, 6) is -3.82. The average Bonchev–Trinajstić information content (AvgIpc) is 3.70. The summed E-state index contributed by atoms with van der Waals surface area (Å²) in [4.78, 5) is 66.8. The number of hydrogen-bond donors (Lipinski definition) is 1. The molecule has 3 atom stereocenters. The lowest BCUT2D eigenvalue weighted by atomic mass is 9.87. The minimum absolute atomic E-state index is 0.102. The monoisotopic (exact) mass is 657 g/mol. The van der Waals surface area contributed by atoms with Crippen LogP contribution >= 0.6 is 23.1 Å². The molecular formula is C30H22F3N3O7S2. The Bertz CT molecular complexity index is 1870. The first-order chi connectivity index (χ1) is 21.5. The van der Waals surface area contributed by atoms with Crippen LogP contribution in [0.25, 0.3) is 0 Å². The van der Waals surface area contributed by atoms with Gasteiger partial charge in [0.15, 0.2) is 0 Å². The number of furan rings is 1. The highest BCUT2D eigenvalue weighted by Crippen LogP contribution is 2.54. The molecule has 2 aromatic carbocycles. The fourth-order valence-electron chi connectivity index (χ4n) is 5.36. The highest BCUT2D eigenvalue weighted by Gasteiger charge is 2.57. The van der Waals surface area contributed by atoms with Crippen LogP contribution in [0.15, 0.2) is 81.2 Å². The smallest absolute Gasteiger partial charge is 0.416 e.